The second-order valence-corrected chi connectivity index (χ2v) is 9.36. The van der Waals surface area contributed by atoms with Crippen LogP contribution >= 0.6 is 11.6 Å². The molecule has 150 valence electrons. The van der Waals surface area contributed by atoms with Crippen LogP contribution in [-0.2, 0) is 20.1 Å². The summed E-state index contributed by atoms with van der Waals surface area (Å²) in [4.78, 5) is -0.00769. The number of nitrogens with zero attached hydrogens (tertiary/aromatic N) is 1. The number of aromatic nitrogens is 1. The van der Waals surface area contributed by atoms with Crippen LogP contribution in [0, 0.1) is 6.92 Å². The number of hydrogen-bond acceptors (Lipinski definition) is 5. The van der Waals surface area contributed by atoms with E-state index in [1.54, 1.807) is 6.07 Å². The van der Waals surface area contributed by atoms with Gasteiger partial charge in [-0.1, -0.05) is 29.8 Å². The highest BCUT2D eigenvalue weighted by molar-refractivity contribution is 7.90. The lowest BCUT2D eigenvalue weighted by molar-refractivity contribution is -0.0500. The lowest BCUT2D eigenvalue weighted by atomic mass is 10.2. The van der Waals surface area contributed by atoms with Gasteiger partial charge in [0.15, 0.2) is 5.75 Å². The summed E-state index contributed by atoms with van der Waals surface area (Å²) in [6.07, 6.45) is 0. The van der Waals surface area contributed by atoms with Gasteiger partial charge in [-0.3, -0.25) is 0 Å². The molecule has 3 rings (SSSR count). The number of aryl methyl sites for hydroxylation is 1. The maximum absolute atomic E-state index is 12.9. The molecule has 0 N–H and O–H groups in total. The van der Waals surface area contributed by atoms with E-state index in [0.717, 1.165) is 16.1 Å². The van der Waals surface area contributed by atoms with E-state index < -0.39 is 36.4 Å². The largest absolute Gasteiger partial charge is 0.534 e. The predicted octanol–water partition coefficient (Wildman–Crippen LogP) is 4.07. The van der Waals surface area contributed by atoms with Gasteiger partial charge >= 0.3 is 15.6 Å². The molecule has 1 heterocycles. The van der Waals surface area contributed by atoms with E-state index in [4.69, 9.17) is 11.6 Å². The molecule has 0 unspecified atom stereocenters. The van der Waals surface area contributed by atoms with Crippen LogP contribution in [0.15, 0.2) is 53.4 Å². The van der Waals surface area contributed by atoms with E-state index in [1.165, 1.54) is 37.3 Å². The number of hydrogen-bond donors (Lipinski definition) is 0. The minimum atomic E-state index is -5.93. The Hall–Kier alpha value is -2.24. The molecule has 0 aliphatic carbocycles. The Morgan fingerprint density at radius 3 is 2.18 bits per heavy atom. The Kier molecular flexibility index (Phi) is 4.89. The van der Waals surface area contributed by atoms with Crippen LogP contribution in [0.1, 0.15) is 5.69 Å². The molecule has 28 heavy (non-hydrogen) atoms. The van der Waals surface area contributed by atoms with Crippen molar-refractivity contribution in [3.05, 3.63) is 59.2 Å². The first kappa shape index (κ1) is 20.5. The molecule has 0 amide bonds. The van der Waals surface area contributed by atoms with Gasteiger partial charge < -0.3 is 4.18 Å². The van der Waals surface area contributed by atoms with Crippen LogP contribution in [0.3, 0.4) is 0 Å². The average molecular weight is 454 g/mol. The van der Waals surface area contributed by atoms with E-state index in [-0.39, 0.29) is 21.5 Å². The topological polar surface area (TPSA) is 82.4 Å². The molecule has 6 nitrogen and oxygen atoms in total. The van der Waals surface area contributed by atoms with Crippen molar-refractivity contribution in [2.45, 2.75) is 17.3 Å². The lowest BCUT2D eigenvalue weighted by Gasteiger charge is -2.12. The molecular weight excluding hydrogens is 443 g/mol. The molecule has 0 aliphatic rings. The Morgan fingerprint density at radius 1 is 1.00 bits per heavy atom. The number of benzene rings is 2. The van der Waals surface area contributed by atoms with E-state index >= 15 is 0 Å². The molecule has 12 heteroatoms. The van der Waals surface area contributed by atoms with Gasteiger partial charge in [0.1, 0.15) is 0 Å². The van der Waals surface area contributed by atoms with Crippen molar-refractivity contribution in [2.75, 3.05) is 0 Å². The zero-order chi connectivity index (χ0) is 20.9. The highest BCUT2D eigenvalue weighted by atomic mass is 35.5. The smallest absolute Gasteiger partial charge is 0.374 e. The molecule has 0 radical (unpaired) electrons. The zero-order valence-electron chi connectivity index (χ0n) is 13.9. The third kappa shape index (κ3) is 3.33. The Morgan fingerprint density at radius 2 is 1.61 bits per heavy atom. The highest BCUT2D eigenvalue weighted by Crippen LogP contribution is 2.38. The van der Waals surface area contributed by atoms with E-state index in [0.29, 0.717) is 0 Å². The summed E-state index contributed by atoms with van der Waals surface area (Å²) in [6, 6.07) is 10.8. The number of rotatable bonds is 4. The monoisotopic (exact) mass is 453 g/mol. The fourth-order valence-corrected chi connectivity index (χ4v) is 4.91. The minimum absolute atomic E-state index is 0.00769. The normalized spacial score (nSPS) is 13.0. The van der Waals surface area contributed by atoms with E-state index in [9.17, 15) is 30.0 Å². The molecule has 1 aromatic heterocycles. The summed E-state index contributed by atoms with van der Waals surface area (Å²) in [5, 5.41) is -0.441. The molecule has 0 saturated carbocycles. The Balaban J connectivity index is 2.19. The molecular formula is C16H11ClF3NO5S2. The van der Waals surface area contributed by atoms with E-state index in [1.807, 2.05) is 0 Å². The highest BCUT2D eigenvalue weighted by Gasteiger charge is 2.48. The Bertz CT molecular complexity index is 1270. The van der Waals surface area contributed by atoms with Crippen molar-refractivity contribution in [3.63, 3.8) is 0 Å². The van der Waals surface area contributed by atoms with Crippen LogP contribution in [0.25, 0.3) is 10.9 Å². The molecule has 3 aromatic rings. The second kappa shape index (κ2) is 6.68. The van der Waals surface area contributed by atoms with Gasteiger partial charge in [0, 0.05) is 11.1 Å². The quantitative estimate of drug-likeness (QED) is 0.439. The summed E-state index contributed by atoms with van der Waals surface area (Å²) >= 11 is 6.01. The average Bonchev–Trinajstić information content (AvgIpc) is 2.95. The van der Waals surface area contributed by atoms with Crippen molar-refractivity contribution in [2.24, 2.45) is 0 Å². The van der Waals surface area contributed by atoms with Crippen molar-refractivity contribution in [3.8, 4) is 5.75 Å². The number of fused-ring (bicyclic) bond motifs is 1. The van der Waals surface area contributed by atoms with Crippen LogP contribution < -0.4 is 4.18 Å². The zero-order valence-corrected chi connectivity index (χ0v) is 16.3. The molecule has 0 bridgehead atoms. The number of alkyl halides is 3. The van der Waals surface area contributed by atoms with Crippen molar-refractivity contribution in [1.82, 2.24) is 3.97 Å². The summed E-state index contributed by atoms with van der Waals surface area (Å²) in [6.45, 7) is 1.46. The molecule has 0 aliphatic heterocycles. The summed E-state index contributed by atoms with van der Waals surface area (Å²) in [5.41, 5.74) is -5.36. The SMILES string of the molecule is Cc1cc2c(Cl)c(OS(=O)(=O)C(F)(F)F)ccc2n1S(=O)(=O)c1ccccc1. The van der Waals surface area contributed by atoms with Crippen LogP contribution in [-0.4, -0.2) is 26.3 Å². The van der Waals surface area contributed by atoms with Gasteiger partial charge in [-0.2, -0.15) is 21.6 Å². The lowest BCUT2D eigenvalue weighted by Crippen LogP contribution is -2.28. The third-order valence-electron chi connectivity index (χ3n) is 3.78. The molecule has 0 atom stereocenters. The van der Waals surface area contributed by atoms with Crippen LogP contribution in [0.2, 0.25) is 5.02 Å². The minimum Gasteiger partial charge on any atom is -0.374 e. The van der Waals surface area contributed by atoms with Gasteiger partial charge in [0.05, 0.1) is 15.4 Å². The first-order valence-electron chi connectivity index (χ1n) is 7.48. The predicted molar refractivity (Wildman–Crippen MR) is 96.3 cm³/mol. The summed E-state index contributed by atoms with van der Waals surface area (Å²) < 4.78 is 91.0. The van der Waals surface area contributed by atoms with Crippen molar-refractivity contribution < 1.29 is 34.2 Å². The van der Waals surface area contributed by atoms with Crippen molar-refractivity contribution >= 4 is 42.6 Å². The molecule has 0 spiro atoms. The van der Waals surface area contributed by atoms with Gasteiger partial charge in [-0.15, -0.1) is 0 Å². The maximum atomic E-state index is 12.9. The van der Waals surface area contributed by atoms with Crippen molar-refractivity contribution in [1.29, 1.82) is 0 Å². The summed E-state index contributed by atoms with van der Waals surface area (Å²) in [5.74, 6) is -0.763. The molecule has 0 saturated heterocycles. The first-order chi connectivity index (χ1) is 12.9. The molecule has 2 aromatic carbocycles. The Labute approximate surface area is 163 Å². The van der Waals surface area contributed by atoms with E-state index in [2.05, 4.69) is 4.18 Å². The second-order valence-electron chi connectivity index (χ2n) is 5.66. The van der Waals surface area contributed by atoms with Gasteiger partial charge in [-0.25, -0.2) is 12.4 Å². The first-order valence-corrected chi connectivity index (χ1v) is 10.7. The number of halogens is 4. The third-order valence-corrected chi connectivity index (χ3v) is 6.97. The standard InChI is InChI=1S/C16H11ClF3NO5S2/c1-10-9-12-13(21(10)27(22,23)11-5-3-2-4-6-11)7-8-14(15(12)17)26-28(24,25)16(18,19)20/h2-9H,1H3. The van der Waals surface area contributed by atoms with Gasteiger partial charge in [0.2, 0.25) is 0 Å². The van der Waals surface area contributed by atoms with Crippen LogP contribution in [0.4, 0.5) is 13.2 Å². The fraction of sp³-hybridized carbons (Fsp3) is 0.125. The van der Waals surface area contributed by atoms with Gasteiger partial charge in [-0.05, 0) is 37.3 Å². The molecule has 0 fully saturated rings. The summed E-state index contributed by atoms with van der Waals surface area (Å²) in [7, 11) is -9.95. The maximum Gasteiger partial charge on any atom is 0.534 e. The van der Waals surface area contributed by atoms with Crippen LogP contribution in [0.5, 0.6) is 5.75 Å². The fourth-order valence-electron chi connectivity index (χ4n) is 2.58. The van der Waals surface area contributed by atoms with Gasteiger partial charge in [0.25, 0.3) is 10.0 Å².